The molecular weight excluding hydrogens is 278 g/mol. The molecule has 21 heavy (non-hydrogen) atoms. The third-order valence-corrected chi connectivity index (χ3v) is 4.11. The van der Waals surface area contributed by atoms with E-state index in [2.05, 4.69) is 71.2 Å². The smallest absolute Gasteiger partial charge is 0.130 e. The summed E-state index contributed by atoms with van der Waals surface area (Å²) in [6, 6.07) is 17.1. The summed E-state index contributed by atoms with van der Waals surface area (Å²) in [5.41, 5.74) is 5.08. The Morgan fingerprint density at radius 2 is 1.86 bits per heavy atom. The Hall–Kier alpha value is -2.20. The molecule has 3 rings (SSSR count). The van der Waals surface area contributed by atoms with Crippen molar-refractivity contribution < 1.29 is 0 Å². The first-order valence-electron chi connectivity index (χ1n) is 6.90. The van der Waals surface area contributed by atoms with Gasteiger partial charge in [-0.1, -0.05) is 58.6 Å². The number of benzene rings is 2. The fraction of sp³-hybridized carbons (Fsp3) is 0.176. The molecular formula is C17H17N3S. The van der Waals surface area contributed by atoms with E-state index in [1.807, 2.05) is 6.07 Å². The second-order valence-electron chi connectivity index (χ2n) is 5.13. The Morgan fingerprint density at radius 3 is 2.52 bits per heavy atom. The van der Waals surface area contributed by atoms with Gasteiger partial charge in [0.1, 0.15) is 5.00 Å². The topological polar surface area (TPSA) is 37.8 Å². The summed E-state index contributed by atoms with van der Waals surface area (Å²) in [5, 5.41) is 8.43. The van der Waals surface area contributed by atoms with Crippen molar-refractivity contribution in [1.29, 1.82) is 0 Å². The van der Waals surface area contributed by atoms with Crippen LogP contribution >= 0.6 is 11.5 Å². The highest BCUT2D eigenvalue weighted by atomic mass is 32.1. The fourth-order valence-corrected chi connectivity index (χ4v) is 2.96. The lowest BCUT2D eigenvalue weighted by molar-refractivity contribution is 0.929. The molecule has 1 N–H and O–H groups in total. The minimum absolute atomic E-state index is 0.106. The highest BCUT2D eigenvalue weighted by molar-refractivity contribution is 7.09. The molecule has 0 saturated heterocycles. The lowest BCUT2D eigenvalue weighted by Gasteiger charge is -2.21. The second-order valence-corrected chi connectivity index (χ2v) is 5.92. The molecule has 0 aliphatic heterocycles. The van der Waals surface area contributed by atoms with Crippen LogP contribution in [0.5, 0.6) is 0 Å². The van der Waals surface area contributed by atoms with Crippen molar-refractivity contribution in [3.8, 4) is 0 Å². The van der Waals surface area contributed by atoms with Gasteiger partial charge in [-0.25, -0.2) is 0 Å². The highest BCUT2D eigenvalue weighted by Crippen LogP contribution is 2.30. The van der Waals surface area contributed by atoms with Crippen LogP contribution in [0.3, 0.4) is 0 Å². The van der Waals surface area contributed by atoms with Gasteiger partial charge >= 0.3 is 0 Å². The number of rotatable bonds is 4. The Kier molecular flexibility index (Phi) is 3.97. The summed E-state index contributed by atoms with van der Waals surface area (Å²) >= 11 is 1.38. The van der Waals surface area contributed by atoms with Crippen molar-refractivity contribution in [3.63, 3.8) is 0 Å². The maximum atomic E-state index is 3.93. The molecule has 1 aromatic heterocycles. The molecule has 1 atom stereocenters. The standard InChI is InChI=1S/C17H17N3S/c1-12-8-9-15(13(2)10-12)17(14-6-4-3-5-7-14)19-16-11-18-20-21-16/h3-11,17,19H,1-2H3. The van der Waals surface area contributed by atoms with Gasteiger partial charge in [0.2, 0.25) is 0 Å². The van der Waals surface area contributed by atoms with Gasteiger partial charge in [-0.05, 0) is 30.5 Å². The molecule has 4 heteroatoms. The number of hydrogen-bond acceptors (Lipinski definition) is 4. The number of hydrogen-bond donors (Lipinski definition) is 1. The quantitative estimate of drug-likeness (QED) is 0.777. The average Bonchev–Trinajstić information content (AvgIpc) is 2.99. The summed E-state index contributed by atoms with van der Waals surface area (Å²) in [7, 11) is 0. The van der Waals surface area contributed by atoms with Gasteiger partial charge in [-0.2, -0.15) is 0 Å². The normalized spacial score (nSPS) is 12.1. The molecule has 0 saturated carbocycles. The van der Waals surface area contributed by atoms with Gasteiger partial charge < -0.3 is 5.32 Å². The number of aryl methyl sites for hydroxylation is 2. The maximum absolute atomic E-state index is 3.93. The Balaban J connectivity index is 2.03. The van der Waals surface area contributed by atoms with Crippen molar-refractivity contribution in [2.45, 2.75) is 19.9 Å². The minimum Gasteiger partial charge on any atom is -0.363 e. The van der Waals surface area contributed by atoms with Gasteiger partial charge in [0, 0.05) is 11.5 Å². The van der Waals surface area contributed by atoms with E-state index in [9.17, 15) is 0 Å². The largest absolute Gasteiger partial charge is 0.363 e. The monoisotopic (exact) mass is 295 g/mol. The van der Waals surface area contributed by atoms with Crippen LogP contribution < -0.4 is 5.32 Å². The molecule has 0 spiro atoms. The Labute approximate surface area is 128 Å². The lowest BCUT2D eigenvalue weighted by atomic mass is 9.94. The van der Waals surface area contributed by atoms with Gasteiger partial charge in [0.25, 0.3) is 0 Å². The van der Waals surface area contributed by atoms with Crippen molar-refractivity contribution in [2.24, 2.45) is 0 Å². The van der Waals surface area contributed by atoms with Crippen LogP contribution in [0, 0.1) is 13.8 Å². The molecule has 0 aliphatic carbocycles. The van der Waals surface area contributed by atoms with Crippen molar-refractivity contribution in [1.82, 2.24) is 9.59 Å². The van der Waals surface area contributed by atoms with E-state index < -0.39 is 0 Å². The summed E-state index contributed by atoms with van der Waals surface area (Å²) < 4.78 is 3.93. The molecule has 3 nitrogen and oxygen atoms in total. The van der Waals surface area contributed by atoms with E-state index in [4.69, 9.17) is 0 Å². The Morgan fingerprint density at radius 1 is 1.05 bits per heavy atom. The summed E-state index contributed by atoms with van der Waals surface area (Å²) in [5.74, 6) is 0. The van der Waals surface area contributed by atoms with Crippen molar-refractivity contribution in [3.05, 3.63) is 77.0 Å². The van der Waals surface area contributed by atoms with Crippen LogP contribution in [0.25, 0.3) is 0 Å². The highest BCUT2D eigenvalue weighted by Gasteiger charge is 2.16. The van der Waals surface area contributed by atoms with E-state index in [1.165, 1.54) is 33.8 Å². The van der Waals surface area contributed by atoms with Gasteiger partial charge in [-0.15, -0.1) is 5.10 Å². The number of nitrogens with zero attached hydrogens (tertiary/aromatic N) is 2. The number of nitrogens with one attached hydrogen (secondary N) is 1. The molecule has 0 fully saturated rings. The predicted molar refractivity (Wildman–Crippen MR) is 87.7 cm³/mol. The van der Waals surface area contributed by atoms with E-state index in [1.54, 1.807) is 6.20 Å². The van der Waals surface area contributed by atoms with Gasteiger partial charge in [-0.3, -0.25) is 0 Å². The first-order valence-corrected chi connectivity index (χ1v) is 7.67. The average molecular weight is 295 g/mol. The summed E-state index contributed by atoms with van der Waals surface area (Å²) in [6.07, 6.45) is 1.77. The molecule has 0 bridgehead atoms. The van der Waals surface area contributed by atoms with Crippen molar-refractivity contribution >= 4 is 16.5 Å². The number of aromatic nitrogens is 2. The molecule has 3 aromatic rings. The van der Waals surface area contributed by atoms with Crippen molar-refractivity contribution in [2.75, 3.05) is 5.32 Å². The van der Waals surface area contributed by atoms with Gasteiger partial charge in [0.05, 0.1) is 12.2 Å². The second kappa shape index (κ2) is 6.06. The first-order chi connectivity index (χ1) is 10.2. The third-order valence-electron chi connectivity index (χ3n) is 3.52. The third kappa shape index (κ3) is 3.11. The zero-order valence-electron chi connectivity index (χ0n) is 12.1. The molecule has 1 unspecified atom stereocenters. The minimum atomic E-state index is 0.106. The molecule has 2 aromatic carbocycles. The fourth-order valence-electron chi connectivity index (χ4n) is 2.51. The summed E-state index contributed by atoms with van der Waals surface area (Å²) in [6.45, 7) is 4.28. The molecule has 106 valence electrons. The van der Waals surface area contributed by atoms with E-state index in [-0.39, 0.29) is 6.04 Å². The van der Waals surface area contributed by atoms with Crippen LogP contribution in [0.15, 0.2) is 54.7 Å². The maximum Gasteiger partial charge on any atom is 0.130 e. The van der Waals surface area contributed by atoms with E-state index in [0.717, 1.165) is 5.00 Å². The SMILES string of the molecule is Cc1ccc(C(Nc2cnns2)c2ccccc2)c(C)c1. The van der Waals surface area contributed by atoms with Crippen LogP contribution in [-0.2, 0) is 0 Å². The van der Waals surface area contributed by atoms with Crippen LogP contribution in [0.4, 0.5) is 5.00 Å². The summed E-state index contributed by atoms with van der Waals surface area (Å²) in [4.78, 5) is 0. The van der Waals surface area contributed by atoms with Crippen LogP contribution in [-0.4, -0.2) is 9.59 Å². The first kappa shape index (κ1) is 13.8. The number of anilines is 1. The van der Waals surface area contributed by atoms with E-state index in [0.29, 0.717) is 0 Å². The van der Waals surface area contributed by atoms with E-state index >= 15 is 0 Å². The van der Waals surface area contributed by atoms with Crippen LogP contribution in [0.1, 0.15) is 28.3 Å². The molecule has 1 heterocycles. The molecule has 0 aliphatic rings. The molecule has 0 amide bonds. The zero-order valence-corrected chi connectivity index (χ0v) is 12.9. The van der Waals surface area contributed by atoms with Crippen LogP contribution in [0.2, 0.25) is 0 Å². The predicted octanol–water partition coefficient (Wildman–Crippen LogP) is 4.36. The molecule has 0 radical (unpaired) electrons. The lowest BCUT2D eigenvalue weighted by Crippen LogP contribution is -2.13. The zero-order chi connectivity index (χ0) is 14.7. The Bertz CT molecular complexity index is 708. The van der Waals surface area contributed by atoms with Gasteiger partial charge in [0.15, 0.2) is 0 Å².